The van der Waals surface area contributed by atoms with Crippen LogP contribution in [0.3, 0.4) is 0 Å². The van der Waals surface area contributed by atoms with Crippen molar-refractivity contribution in [1.29, 1.82) is 0 Å². The Balaban J connectivity index is 2.09. The van der Waals surface area contributed by atoms with Gasteiger partial charge in [-0.3, -0.25) is 28.5 Å². The first kappa shape index (κ1) is 39.8. The number of hydrogen-bond donors (Lipinski definition) is 5. The van der Waals surface area contributed by atoms with Crippen LogP contribution in [0.15, 0.2) is 24.3 Å². The zero-order chi connectivity index (χ0) is 37.3. The number of ketones is 4. The van der Waals surface area contributed by atoms with Gasteiger partial charge in [-0.1, -0.05) is 44.2 Å². The first-order valence-corrected chi connectivity index (χ1v) is 17.2. The Kier molecular flexibility index (Phi) is 11.9. The summed E-state index contributed by atoms with van der Waals surface area (Å²) in [4.78, 5) is 51.4. The van der Waals surface area contributed by atoms with Gasteiger partial charge in [0.25, 0.3) is 10.1 Å². The van der Waals surface area contributed by atoms with Crippen LogP contribution in [0.1, 0.15) is 81.8 Å². The first-order chi connectivity index (χ1) is 22.5. The van der Waals surface area contributed by atoms with E-state index < -0.39 is 68.6 Å². The predicted molar refractivity (Wildman–Crippen MR) is 174 cm³/mol. The highest BCUT2D eigenvalue weighted by Gasteiger charge is 2.80. The van der Waals surface area contributed by atoms with Gasteiger partial charge in [-0.05, 0) is 63.6 Å². The van der Waals surface area contributed by atoms with Gasteiger partial charge in [-0.2, -0.15) is 8.42 Å². The summed E-state index contributed by atoms with van der Waals surface area (Å²) in [5.74, 6) is -5.60. The molecular formula is C33H44N2O13S. The molecule has 0 radical (unpaired) electrons. The maximum Gasteiger partial charge on any atom is 0.264 e. The Morgan fingerprint density at radius 2 is 1.65 bits per heavy atom. The van der Waals surface area contributed by atoms with Crippen LogP contribution < -0.4 is 4.74 Å². The van der Waals surface area contributed by atoms with Crippen molar-refractivity contribution < 1.29 is 61.7 Å². The Bertz CT molecular complexity index is 1750. The lowest BCUT2D eigenvalue weighted by Crippen LogP contribution is -2.87. The minimum Gasteiger partial charge on any atom is -0.443 e. The standard InChI is InChI=1S/C33H44N2O13S/c1-17(2)26-25(16-24-13-12-23(15-18(24)3)11-9-10-14-46-49(8,44)45)29(35-34-26)48-30-32(42,21(6)38)33(43,22(7)39)31(41,20(5)37)28(47-30)27(40)19(4)36/h9,11-13,15,17,27-28,30,40-43H,10,14,16H2,1-8H3,(H,34,35)/b11-9+/t27?,28-,30+,31-,32+,33+/m1/s1. The van der Waals surface area contributed by atoms with E-state index in [9.17, 15) is 48.0 Å². The molecule has 1 aliphatic rings. The number of carbonyl (C=O) groups is 4. The third-order valence-corrected chi connectivity index (χ3v) is 9.29. The van der Waals surface area contributed by atoms with Crippen LogP contribution >= 0.6 is 0 Å². The van der Waals surface area contributed by atoms with Gasteiger partial charge in [-0.25, -0.2) is 0 Å². The fraction of sp³-hybridized carbons (Fsp3) is 0.545. The number of aliphatic hydroxyl groups is 4. The molecule has 49 heavy (non-hydrogen) atoms. The molecule has 2 heterocycles. The number of nitrogens with one attached hydrogen (secondary N) is 1. The normalized spacial score (nSPS) is 26.6. The molecule has 1 aliphatic heterocycles. The number of hydrogen-bond acceptors (Lipinski definition) is 14. The molecule has 0 amide bonds. The number of carbonyl (C=O) groups excluding carboxylic acids is 4. The van der Waals surface area contributed by atoms with E-state index >= 15 is 0 Å². The first-order valence-electron chi connectivity index (χ1n) is 15.4. The van der Waals surface area contributed by atoms with E-state index in [4.69, 9.17) is 13.7 Å². The number of rotatable bonds is 15. The lowest BCUT2D eigenvalue weighted by molar-refractivity contribution is -0.358. The molecule has 1 aromatic heterocycles. The fourth-order valence-corrected chi connectivity index (χ4v) is 6.34. The van der Waals surface area contributed by atoms with Gasteiger partial charge in [0.1, 0.15) is 12.2 Å². The van der Waals surface area contributed by atoms with Gasteiger partial charge in [0.15, 0.2) is 28.7 Å². The highest BCUT2D eigenvalue weighted by Crippen LogP contribution is 2.48. The van der Waals surface area contributed by atoms with Crippen LogP contribution in [-0.2, 0) is 44.6 Å². The monoisotopic (exact) mass is 708 g/mol. The van der Waals surface area contributed by atoms with E-state index in [1.807, 2.05) is 45.0 Å². The minimum absolute atomic E-state index is 0.00340. The smallest absolute Gasteiger partial charge is 0.264 e. The molecule has 3 rings (SSSR count). The van der Waals surface area contributed by atoms with E-state index in [2.05, 4.69) is 10.2 Å². The highest BCUT2D eigenvalue weighted by atomic mass is 32.2. The Morgan fingerprint density at radius 3 is 2.14 bits per heavy atom. The maximum atomic E-state index is 13.1. The van der Waals surface area contributed by atoms with Gasteiger partial charge in [-0.15, -0.1) is 5.10 Å². The quantitative estimate of drug-likeness (QED) is 0.127. The molecule has 1 aromatic carbocycles. The number of aryl methyl sites for hydroxylation is 1. The Morgan fingerprint density at radius 1 is 1.04 bits per heavy atom. The van der Waals surface area contributed by atoms with Crippen molar-refractivity contribution in [3.05, 3.63) is 52.2 Å². The highest BCUT2D eigenvalue weighted by molar-refractivity contribution is 7.85. The maximum absolute atomic E-state index is 13.1. The molecule has 16 heteroatoms. The van der Waals surface area contributed by atoms with Crippen molar-refractivity contribution in [2.45, 2.75) is 103 Å². The summed E-state index contributed by atoms with van der Waals surface area (Å²) in [6, 6.07) is 5.56. The van der Waals surface area contributed by atoms with Gasteiger partial charge in [0.2, 0.25) is 23.4 Å². The lowest BCUT2D eigenvalue weighted by atomic mass is 9.60. The number of nitrogens with zero attached hydrogens (tertiary/aromatic N) is 1. The molecule has 6 atom stereocenters. The van der Waals surface area contributed by atoms with Crippen molar-refractivity contribution in [3.63, 3.8) is 0 Å². The average Bonchev–Trinajstić information content (AvgIpc) is 3.39. The Hall–Kier alpha value is -3.64. The van der Waals surface area contributed by atoms with Crippen LogP contribution in [0.5, 0.6) is 5.88 Å². The second kappa shape index (κ2) is 14.7. The van der Waals surface area contributed by atoms with E-state index in [0.717, 1.165) is 43.7 Å². The second-order valence-corrected chi connectivity index (χ2v) is 14.3. The lowest BCUT2D eigenvalue weighted by Gasteiger charge is -2.57. The number of ether oxygens (including phenoxy) is 2. The topological polar surface area (TPSA) is 240 Å². The summed E-state index contributed by atoms with van der Waals surface area (Å²) in [5.41, 5.74) is -7.11. The summed E-state index contributed by atoms with van der Waals surface area (Å²) in [5, 5.41) is 53.1. The van der Waals surface area contributed by atoms with Crippen molar-refractivity contribution in [2.75, 3.05) is 12.9 Å². The van der Waals surface area contributed by atoms with Crippen molar-refractivity contribution in [1.82, 2.24) is 10.2 Å². The summed E-state index contributed by atoms with van der Waals surface area (Å²) >= 11 is 0. The van der Waals surface area contributed by atoms with Crippen LogP contribution in [0, 0.1) is 6.92 Å². The molecule has 1 saturated heterocycles. The Labute approximate surface area is 284 Å². The molecule has 1 unspecified atom stereocenters. The van der Waals surface area contributed by atoms with Gasteiger partial charge in [0.05, 0.1) is 12.9 Å². The molecule has 0 spiro atoms. The predicted octanol–water partition coefficient (Wildman–Crippen LogP) is 0.826. The van der Waals surface area contributed by atoms with Gasteiger partial charge in [0, 0.05) is 17.7 Å². The van der Waals surface area contributed by atoms with Crippen molar-refractivity contribution in [3.8, 4) is 5.88 Å². The van der Waals surface area contributed by atoms with E-state index in [0.29, 0.717) is 24.6 Å². The number of aromatic nitrogens is 2. The summed E-state index contributed by atoms with van der Waals surface area (Å²) in [7, 11) is -3.54. The van der Waals surface area contributed by atoms with Crippen LogP contribution in [0.4, 0.5) is 0 Å². The molecule has 0 aliphatic carbocycles. The van der Waals surface area contributed by atoms with E-state index in [1.165, 1.54) is 0 Å². The number of H-pyrrole nitrogens is 1. The van der Waals surface area contributed by atoms with Crippen molar-refractivity contribution >= 4 is 39.3 Å². The van der Waals surface area contributed by atoms with Gasteiger partial charge < -0.3 is 29.9 Å². The third kappa shape index (κ3) is 7.45. The SMILES string of the molecule is CC(=O)C(O)[C@H]1O[C@@H](Oc2n[nH]c(C(C)C)c2Cc2ccc(/C=C/CCOS(C)(=O)=O)cc2C)[C@@](O)(C(C)=O)[C@](O)(C(C)=O)[C@@]1(O)C(C)=O. The van der Waals surface area contributed by atoms with Gasteiger partial charge >= 0.3 is 0 Å². The average molecular weight is 709 g/mol. The fourth-order valence-electron chi connectivity index (χ4n) is 5.95. The molecule has 0 bridgehead atoms. The molecule has 270 valence electrons. The van der Waals surface area contributed by atoms with Crippen LogP contribution in [-0.4, -0.2) is 110 Å². The summed E-state index contributed by atoms with van der Waals surface area (Å²) < 4.78 is 38.6. The molecular weight excluding hydrogens is 664 g/mol. The molecule has 2 aromatic rings. The van der Waals surface area contributed by atoms with Crippen molar-refractivity contribution in [2.24, 2.45) is 0 Å². The second-order valence-electron chi connectivity index (χ2n) is 12.6. The third-order valence-electron chi connectivity index (χ3n) is 8.70. The number of aromatic amines is 1. The minimum atomic E-state index is -3.66. The van der Waals surface area contributed by atoms with Crippen LogP contribution in [0.25, 0.3) is 6.08 Å². The van der Waals surface area contributed by atoms with Crippen LogP contribution in [0.2, 0.25) is 0 Å². The number of aliphatic hydroxyl groups excluding tert-OH is 1. The molecule has 15 nitrogen and oxygen atoms in total. The molecule has 5 N–H and O–H groups in total. The molecule has 0 saturated carbocycles. The summed E-state index contributed by atoms with van der Waals surface area (Å²) in [6.07, 6.45) is -1.96. The largest absolute Gasteiger partial charge is 0.443 e. The zero-order valence-corrected chi connectivity index (χ0v) is 29.5. The number of Topliss-reactive ketones (excluding diaryl/α,β-unsaturated/α-hetero) is 4. The zero-order valence-electron chi connectivity index (χ0n) is 28.6. The number of benzene rings is 1. The van der Waals surface area contributed by atoms with E-state index in [1.54, 1.807) is 6.08 Å². The summed E-state index contributed by atoms with van der Waals surface area (Å²) in [6.45, 7) is 8.71. The molecule has 1 fully saturated rings. The van der Waals surface area contributed by atoms with E-state index in [-0.39, 0.29) is 24.8 Å².